The van der Waals surface area contributed by atoms with Crippen molar-refractivity contribution in [3.8, 4) is 0 Å². The standard InChI is InChI=1S/C12H12ClFN2O4S/c1-15(2)6-11(12(17)20-3)21-10-5-8(14)7(13)4-9(10)16(18)19/h4-6H,1-3H3/b11-6-. The van der Waals surface area contributed by atoms with Crippen LogP contribution in [0, 0.1) is 15.9 Å². The van der Waals surface area contributed by atoms with E-state index in [-0.39, 0.29) is 20.5 Å². The van der Waals surface area contributed by atoms with Crippen molar-refractivity contribution in [1.29, 1.82) is 0 Å². The number of carbonyl (C=O) groups is 1. The molecule has 0 aliphatic carbocycles. The molecule has 0 heterocycles. The van der Waals surface area contributed by atoms with Crippen molar-refractivity contribution in [2.75, 3.05) is 21.2 Å². The molecule has 0 N–H and O–H groups in total. The van der Waals surface area contributed by atoms with Gasteiger partial charge in [0.25, 0.3) is 5.69 Å². The second-order valence-corrected chi connectivity index (χ2v) is 5.53. The number of methoxy groups -OCH3 is 1. The molecule has 0 aromatic heterocycles. The van der Waals surface area contributed by atoms with Gasteiger partial charge in [-0.2, -0.15) is 0 Å². The molecule has 0 radical (unpaired) electrons. The molecule has 1 rings (SSSR count). The van der Waals surface area contributed by atoms with Gasteiger partial charge in [-0.05, 0) is 6.07 Å². The van der Waals surface area contributed by atoms with E-state index < -0.39 is 16.7 Å². The Kier molecular flexibility index (Phi) is 5.98. The third-order valence-electron chi connectivity index (χ3n) is 2.18. The van der Waals surface area contributed by atoms with Crippen LogP contribution in [0.15, 0.2) is 28.1 Å². The summed E-state index contributed by atoms with van der Waals surface area (Å²) in [6, 6.07) is 1.82. The highest BCUT2D eigenvalue weighted by molar-refractivity contribution is 8.04. The summed E-state index contributed by atoms with van der Waals surface area (Å²) in [5.74, 6) is -1.49. The molecule has 114 valence electrons. The molecule has 0 amide bonds. The topological polar surface area (TPSA) is 72.7 Å². The van der Waals surface area contributed by atoms with Crippen LogP contribution < -0.4 is 0 Å². The zero-order valence-corrected chi connectivity index (χ0v) is 13.0. The first kappa shape index (κ1) is 17.3. The number of carbonyl (C=O) groups excluding carboxylic acids is 1. The van der Waals surface area contributed by atoms with E-state index in [1.807, 2.05) is 0 Å². The molecule has 0 aliphatic rings. The van der Waals surface area contributed by atoms with Gasteiger partial charge < -0.3 is 9.64 Å². The molecule has 9 heteroatoms. The van der Waals surface area contributed by atoms with E-state index in [1.165, 1.54) is 13.3 Å². The van der Waals surface area contributed by atoms with Crippen molar-refractivity contribution < 1.29 is 18.8 Å². The largest absolute Gasteiger partial charge is 0.465 e. The van der Waals surface area contributed by atoms with Crippen molar-refractivity contribution in [2.45, 2.75) is 4.90 Å². The van der Waals surface area contributed by atoms with Crippen LogP contribution >= 0.6 is 23.4 Å². The van der Waals surface area contributed by atoms with E-state index in [1.54, 1.807) is 19.0 Å². The van der Waals surface area contributed by atoms with Crippen molar-refractivity contribution in [3.05, 3.63) is 44.2 Å². The summed E-state index contributed by atoms with van der Waals surface area (Å²) in [5, 5.41) is 10.6. The molecule has 0 fully saturated rings. The average Bonchev–Trinajstić information content (AvgIpc) is 2.40. The quantitative estimate of drug-likeness (QED) is 0.271. The number of halogens is 2. The maximum atomic E-state index is 13.5. The molecular weight excluding hydrogens is 323 g/mol. The van der Waals surface area contributed by atoms with Crippen LogP contribution in [0.4, 0.5) is 10.1 Å². The number of ether oxygens (including phenoxy) is 1. The van der Waals surface area contributed by atoms with Gasteiger partial charge >= 0.3 is 5.97 Å². The Balaban J connectivity index is 3.29. The smallest absolute Gasteiger partial charge is 0.346 e. The monoisotopic (exact) mass is 334 g/mol. The van der Waals surface area contributed by atoms with E-state index in [2.05, 4.69) is 4.74 Å². The van der Waals surface area contributed by atoms with Gasteiger partial charge in [0, 0.05) is 26.4 Å². The van der Waals surface area contributed by atoms with Crippen molar-refractivity contribution in [2.24, 2.45) is 0 Å². The number of esters is 1. The molecule has 1 aromatic rings. The minimum absolute atomic E-state index is 0.0413. The van der Waals surface area contributed by atoms with Gasteiger partial charge in [0.05, 0.1) is 22.0 Å². The molecule has 0 saturated heterocycles. The molecule has 0 spiro atoms. The number of thioether (sulfide) groups is 1. The van der Waals surface area contributed by atoms with Gasteiger partial charge in [-0.1, -0.05) is 23.4 Å². The Morgan fingerprint density at radius 1 is 1.52 bits per heavy atom. The van der Waals surface area contributed by atoms with Gasteiger partial charge in [0.1, 0.15) is 10.7 Å². The molecule has 6 nitrogen and oxygen atoms in total. The first-order valence-electron chi connectivity index (χ1n) is 5.54. The Morgan fingerprint density at radius 3 is 2.62 bits per heavy atom. The highest BCUT2D eigenvalue weighted by atomic mass is 35.5. The van der Waals surface area contributed by atoms with E-state index in [0.29, 0.717) is 0 Å². The van der Waals surface area contributed by atoms with Gasteiger partial charge in [0.15, 0.2) is 0 Å². The van der Waals surface area contributed by atoms with Crippen molar-refractivity contribution >= 4 is 35.0 Å². The lowest BCUT2D eigenvalue weighted by Crippen LogP contribution is -2.09. The maximum absolute atomic E-state index is 13.5. The average molecular weight is 335 g/mol. The Hall–Kier alpha value is -1.80. The van der Waals surface area contributed by atoms with E-state index in [0.717, 1.165) is 23.9 Å². The summed E-state index contributed by atoms with van der Waals surface area (Å²) in [7, 11) is 4.52. The summed E-state index contributed by atoms with van der Waals surface area (Å²) in [6.45, 7) is 0. The summed E-state index contributed by atoms with van der Waals surface area (Å²) >= 11 is 6.27. The molecule has 0 aliphatic heterocycles. The molecule has 0 unspecified atom stereocenters. The minimum atomic E-state index is -0.807. The van der Waals surface area contributed by atoms with Crippen LogP contribution in [0.25, 0.3) is 0 Å². The van der Waals surface area contributed by atoms with Crippen LogP contribution in [0.5, 0.6) is 0 Å². The third kappa shape index (κ3) is 4.61. The molecule has 0 atom stereocenters. The minimum Gasteiger partial charge on any atom is -0.465 e. The molecule has 0 saturated carbocycles. The number of hydrogen-bond donors (Lipinski definition) is 0. The fourth-order valence-electron chi connectivity index (χ4n) is 1.32. The fraction of sp³-hybridized carbons (Fsp3) is 0.250. The Labute approximate surface area is 129 Å². The van der Waals surface area contributed by atoms with E-state index >= 15 is 0 Å². The molecule has 1 aromatic carbocycles. The van der Waals surface area contributed by atoms with Crippen LogP contribution in [0.2, 0.25) is 5.02 Å². The summed E-state index contributed by atoms with van der Waals surface area (Å²) < 4.78 is 18.1. The summed E-state index contributed by atoms with van der Waals surface area (Å²) in [4.78, 5) is 23.6. The summed E-state index contributed by atoms with van der Waals surface area (Å²) in [5.41, 5.74) is -0.389. The first-order valence-corrected chi connectivity index (χ1v) is 6.73. The van der Waals surface area contributed by atoms with Crippen molar-refractivity contribution in [1.82, 2.24) is 4.90 Å². The van der Waals surface area contributed by atoms with Crippen LogP contribution in [0.3, 0.4) is 0 Å². The second-order valence-electron chi connectivity index (χ2n) is 4.04. The van der Waals surface area contributed by atoms with Gasteiger partial charge in [-0.15, -0.1) is 0 Å². The predicted molar refractivity (Wildman–Crippen MR) is 77.7 cm³/mol. The van der Waals surface area contributed by atoms with Crippen LogP contribution in [-0.2, 0) is 9.53 Å². The lowest BCUT2D eigenvalue weighted by molar-refractivity contribution is -0.387. The van der Waals surface area contributed by atoms with Crippen LogP contribution in [0.1, 0.15) is 0 Å². The number of benzene rings is 1. The zero-order chi connectivity index (χ0) is 16.2. The zero-order valence-electron chi connectivity index (χ0n) is 11.4. The number of hydrogen-bond acceptors (Lipinski definition) is 6. The summed E-state index contributed by atoms with van der Waals surface area (Å²) in [6.07, 6.45) is 1.42. The van der Waals surface area contributed by atoms with E-state index in [9.17, 15) is 19.3 Å². The molecular formula is C12H12ClFN2O4S. The highest BCUT2D eigenvalue weighted by Crippen LogP contribution is 2.37. The number of nitro benzene ring substituents is 1. The fourth-order valence-corrected chi connectivity index (χ4v) is 2.54. The Bertz CT molecular complexity index is 607. The predicted octanol–water partition coefficient (Wildman–Crippen LogP) is 3.06. The SMILES string of the molecule is COC(=O)/C(=C/N(C)C)Sc1cc(F)c(Cl)cc1[N+](=O)[O-]. The molecule has 0 bridgehead atoms. The second kappa shape index (κ2) is 7.28. The number of nitro groups is 1. The number of rotatable bonds is 5. The van der Waals surface area contributed by atoms with Gasteiger partial charge in [0.2, 0.25) is 0 Å². The van der Waals surface area contributed by atoms with Gasteiger partial charge in [-0.3, -0.25) is 10.1 Å². The highest BCUT2D eigenvalue weighted by Gasteiger charge is 2.22. The molecule has 21 heavy (non-hydrogen) atoms. The van der Waals surface area contributed by atoms with E-state index in [4.69, 9.17) is 11.6 Å². The third-order valence-corrected chi connectivity index (χ3v) is 3.51. The normalized spacial score (nSPS) is 11.2. The maximum Gasteiger partial charge on any atom is 0.346 e. The Morgan fingerprint density at radius 2 is 2.14 bits per heavy atom. The number of nitrogens with zero attached hydrogens (tertiary/aromatic N) is 2. The lowest BCUT2D eigenvalue weighted by Gasteiger charge is -2.10. The van der Waals surface area contributed by atoms with Crippen LogP contribution in [-0.4, -0.2) is 37.0 Å². The lowest BCUT2D eigenvalue weighted by atomic mass is 10.3. The first-order chi connectivity index (χ1) is 9.76. The van der Waals surface area contributed by atoms with Gasteiger partial charge in [-0.25, -0.2) is 9.18 Å². The van der Waals surface area contributed by atoms with Crippen molar-refractivity contribution in [3.63, 3.8) is 0 Å².